The van der Waals surface area contributed by atoms with E-state index in [0.717, 1.165) is 11.3 Å². The number of hydrogen-bond donors (Lipinski definition) is 1. The normalized spacial score (nSPS) is 10.8. The van der Waals surface area contributed by atoms with Gasteiger partial charge in [0.25, 0.3) is 5.91 Å². The molecule has 1 aromatic heterocycles. The van der Waals surface area contributed by atoms with Gasteiger partial charge in [-0.3, -0.25) is 4.79 Å². The lowest BCUT2D eigenvalue weighted by Crippen LogP contribution is -2.21. The maximum Gasteiger partial charge on any atom is 0.262 e. The molecule has 0 radical (unpaired) electrons. The first-order valence-corrected chi connectivity index (χ1v) is 8.55. The SMILES string of the molecule is Cc1ccc(NC(=O)COc2c(Cl)cc(Cl)c3ccc(C)nc23)c(F)c1. The van der Waals surface area contributed by atoms with E-state index in [0.29, 0.717) is 15.9 Å². The maximum atomic E-state index is 13.8. The van der Waals surface area contributed by atoms with Crippen LogP contribution in [0.4, 0.5) is 10.1 Å². The van der Waals surface area contributed by atoms with E-state index in [9.17, 15) is 9.18 Å². The van der Waals surface area contributed by atoms with E-state index in [1.807, 2.05) is 19.1 Å². The highest BCUT2D eigenvalue weighted by molar-refractivity contribution is 6.39. The second kappa shape index (κ2) is 7.48. The zero-order valence-electron chi connectivity index (χ0n) is 14.1. The number of anilines is 1. The molecule has 3 rings (SSSR count). The first-order valence-electron chi connectivity index (χ1n) is 7.79. The van der Waals surface area contributed by atoms with E-state index < -0.39 is 11.7 Å². The molecular weight excluding hydrogens is 378 g/mol. The van der Waals surface area contributed by atoms with Crippen LogP contribution in [-0.4, -0.2) is 17.5 Å². The number of hydrogen-bond acceptors (Lipinski definition) is 3. The van der Waals surface area contributed by atoms with Gasteiger partial charge in [-0.25, -0.2) is 9.37 Å². The third kappa shape index (κ3) is 3.89. The molecule has 7 heteroatoms. The summed E-state index contributed by atoms with van der Waals surface area (Å²) in [5.41, 5.74) is 2.08. The number of halogens is 3. The summed E-state index contributed by atoms with van der Waals surface area (Å²) in [5.74, 6) is -0.764. The molecular formula is C19H15Cl2FN2O2. The summed E-state index contributed by atoms with van der Waals surface area (Å²) in [7, 11) is 0. The molecule has 1 amide bonds. The predicted octanol–water partition coefficient (Wildman–Crippen LogP) is 5.32. The number of fused-ring (bicyclic) bond motifs is 1. The van der Waals surface area contributed by atoms with Crippen molar-refractivity contribution in [3.05, 3.63) is 63.5 Å². The molecule has 0 fully saturated rings. The van der Waals surface area contributed by atoms with E-state index in [1.165, 1.54) is 18.2 Å². The minimum atomic E-state index is -0.514. The second-order valence-corrected chi connectivity index (χ2v) is 6.65. The number of nitrogens with one attached hydrogen (secondary N) is 1. The van der Waals surface area contributed by atoms with Crippen LogP contribution in [-0.2, 0) is 4.79 Å². The Bertz CT molecular complexity index is 1010. The van der Waals surface area contributed by atoms with Gasteiger partial charge in [0, 0.05) is 11.1 Å². The second-order valence-electron chi connectivity index (χ2n) is 5.84. The number of aryl methyl sites for hydroxylation is 2. The Morgan fingerprint density at radius 3 is 2.65 bits per heavy atom. The van der Waals surface area contributed by atoms with E-state index in [2.05, 4.69) is 10.3 Å². The topological polar surface area (TPSA) is 51.2 Å². The third-order valence-electron chi connectivity index (χ3n) is 3.72. The Labute approximate surface area is 159 Å². The molecule has 3 aromatic rings. The zero-order valence-corrected chi connectivity index (χ0v) is 15.6. The van der Waals surface area contributed by atoms with Crippen LogP contribution in [0, 0.1) is 19.7 Å². The first kappa shape index (κ1) is 18.4. The summed E-state index contributed by atoms with van der Waals surface area (Å²) in [6, 6.07) is 9.71. The van der Waals surface area contributed by atoms with Gasteiger partial charge in [-0.15, -0.1) is 0 Å². The minimum absolute atomic E-state index is 0.0882. The number of carbonyl (C=O) groups excluding carboxylic acids is 1. The molecule has 0 bridgehead atoms. The van der Waals surface area contributed by atoms with Crippen molar-refractivity contribution in [3.8, 4) is 5.75 Å². The number of carbonyl (C=O) groups is 1. The van der Waals surface area contributed by atoms with Gasteiger partial charge in [-0.05, 0) is 49.7 Å². The third-order valence-corrected chi connectivity index (χ3v) is 4.32. The van der Waals surface area contributed by atoms with Gasteiger partial charge in [0.15, 0.2) is 12.4 Å². The average Bonchev–Trinajstić information content (AvgIpc) is 2.57. The van der Waals surface area contributed by atoms with Crippen molar-refractivity contribution < 1.29 is 13.9 Å². The van der Waals surface area contributed by atoms with Gasteiger partial charge < -0.3 is 10.1 Å². The van der Waals surface area contributed by atoms with Crippen LogP contribution in [0.1, 0.15) is 11.3 Å². The number of benzene rings is 2. The first-order chi connectivity index (χ1) is 12.3. The van der Waals surface area contributed by atoms with Crippen LogP contribution in [0.2, 0.25) is 10.0 Å². The highest BCUT2D eigenvalue weighted by Gasteiger charge is 2.15. The van der Waals surface area contributed by atoms with Crippen molar-refractivity contribution in [1.82, 2.24) is 4.98 Å². The number of ether oxygens (including phenoxy) is 1. The fraction of sp³-hybridized carbons (Fsp3) is 0.158. The van der Waals surface area contributed by atoms with Crippen LogP contribution >= 0.6 is 23.2 Å². The molecule has 0 atom stereocenters. The van der Waals surface area contributed by atoms with Crippen LogP contribution in [0.25, 0.3) is 10.9 Å². The van der Waals surface area contributed by atoms with Gasteiger partial charge in [0.05, 0.1) is 15.7 Å². The molecule has 0 saturated heterocycles. The Morgan fingerprint density at radius 2 is 1.92 bits per heavy atom. The summed E-state index contributed by atoms with van der Waals surface area (Å²) in [4.78, 5) is 16.5. The fourth-order valence-corrected chi connectivity index (χ4v) is 3.04. The smallest absolute Gasteiger partial charge is 0.262 e. The summed E-state index contributed by atoms with van der Waals surface area (Å²) < 4.78 is 19.4. The monoisotopic (exact) mass is 392 g/mol. The summed E-state index contributed by atoms with van der Waals surface area (Å²) in [6.45, 7) is 3.24. The largest absolute Gasteiger partial charge is 0.480 e. The number of rotatable bonds is 4. The average molecular weight is 393 g/mol. The van der Waals surface area contributed by atoms with Gasteiger partial charge in [-0.2, -0.15) is 0 Å². The Morgan fingerprint density at radius 1 is 1.15 bits per heavy atom. The molecule has 1 heterocycles. The van der Waals surface area contributed by atoms with Crippen LogP contribution in [0.3, 0.4) is 0 Å². The zero-order chi connectivity index (χ0) is 18.8. The molecule has 0 aliphatic rings. The summed E-state index contributed by atoms with van der Waals surface area (Å²) in [5, 5.41) is 3.82. The summed E-state index contributed by atoms with van der Waals surface area (Å²) >= 11 is 12.4. The molecule has 0 saturated carbocycles. The highest BCUT2D eigenvalue weighted by Crippen LogP contribution is 2.37. The molecule has 0 spiro atoms. The highest BCUT2D eigenvalue weighted by atomic mass is 35.5. The van der Waals surface area contributed by atoms with Crippen molar-refractivity contribution in [3.63, 3.8) is 0 Å². The lowest BCUT2D eigenvalue weighted by Gasteiger charge is -2.13. The van der Waals surface area contributed by atoms with Gasteiger partial charge >= 0.3 is 0 Å². The molecule has 26 heavy (non-hydrogen) atoms. The quantitative estimate of drug-likeness (QED) is 0.653. The van der Waals surface area contributed by atoms with Crippen LogP contribution in [0.5, 0.6) is 5.75 Å². The maximum absolute atomic E-state index is 13.8. The molecule has 0 aliphatic carbocycles. The van der Waals surface area contributed by atoms with Gasteiger partial charge in [-0.1, -0.05) is 29.3 Å². The van der Waals surface area contributed by atoms with E-state index in [4.69, 9.17) is 27.9 Å². The number of nitrogens with zero attached hydrogens (tertiary/aromatic N) is 1. The molecule has 4 nitrogen and oxygen atoms in total. The molecule has 0 unspecified atom stereocenters. The Hall–Kier alpha value is -2.37. The van der Waals surface area contributed by atoms with Crippen molar-refractivity contribution in [2.24, 2.45) is 0 Å². The van der Waals surface area contributed by atoms with Gasteiger partial charge in [0.1, 0.15) is 11.3 Å². The lowest BCUT2D eigenvalue weighted by molar-refractivity contribution is -0.118. The van der Waals surface area contributed by atoms with E-state index in [1.54, 1.807) is 13.0 Å². The summed E-state index contributed by atoms with van der Waals surface area (Å²) in [6.07, 6.45) is 0. The predicted molar refractivity (Wildman–Crippen MR) is 102 cm³/mol. The van der Waals surface area contributed by atoms with Crippen molar-refractivity contribution >= 4 is 45.7 Å². The Kier molecular flexibility index (Phi) is 5.30. The standard InChI is InChI=1S/C19H15Cl2FN2O2/c1-10-3-6-16(15(22)7-10)24-17(25)9-26-19-14(21)8-13(20)12-5-4-11(2)23-18(12)19/h3-8H,9H2,1-2H3,(H,24,25). The Balaban J connectivity index is 1.81. The van der Waals surface area contributed by atoms with Gasteiger partial charge in [0.2, 0.25) is 0 Å². The van der Waals surface area contributed by atoms with Crippen molar-refractivity contribution in [1.29, 1.82) is 0 Å². The fourth-order valence-electron chi connectivity index (χ4n) is 2.47. The molecule has 0 aliphatic heterocycles. The van der Waals surface area contributed by atoms with E-state index in [-0.39, 0.29) is 23.1 Å². The number of aromatic nitrogens is 1. The molecule has 2 aromatic carbocycles. The van der Waals surface area contributed by atoms with E-state index >= 15 is 0 Å². The van der Waals surface area contributed by atoms with Crippen molar-refractivity contribution in [2.45, 2.75) is 13.8 Å². The number of amides is 1. The minimum Gasteiger partial charge on any atom is -0.480 e. The van der Waals surface area contributed by atoms with Crippen LogP contribution in [0.15, 0.2) is 36.4 Å². The molecule has 1 N–H and O–H groups in total. The van der Waals surface area contributed by atoms with Crippen molar-refractivity contribution in [2.75, 3.05) is 11.9 Å². The van der Waals surface area contributed by atoms with Crippen LogP contribution < -0.4 is 10.1 Å². The number of pyridine rings is 1. The lowest BCUT2D eigenvalue weighted by atomic mass is 10.2. The molecule has 134 valence electrons.